The minimum atomic E-state index is 0.127. The Hall–Kier alpha value is -0.350. The van der Waals surface area contributed by atoms with E-state index in [1.54, 1.807) is 0 Å². The molecule has 86 valence electrons. The Morgan fingerprint density at radius 1 is 1.47 bits per heavy atom. The summed E-state index contributed by atoms with van der Waals surface area (Å²) in [5, 5.41) is 4.48. The van der Waals surface area contributed by atoms with Crippen molar-refractivity contribution in [1.82, 2.24) is 9.78 Å². The molecular formula is C11H20BrN3. The average Bonchev–Trinajstić information content (AvgIpc) is 2.45. The third-order valence-corrected chi connectivity index (χ3v) is 3.68. The van der Waals surface area contributed by atoms with E-state index in [-0.39, 0.29) is 5.41 Å². The molecule has 0 aromatic carbocycles. The van der Waals surface area contributed by atoms with E-state index >= 15 is 0 Å². The molecule has 0 radical (unpaired) electrons. The number of aryl methyl sites for hydroxylation is 2. The summed E-state index contributed by atoms with van der Waals surface area (Å²) >= 11 is 3.60. The molecule has 0 aliphatic carbocycles. The van der Waals surface area contributed by atoms with Gasteiger partial charge >= 0.3 is 0 Å². The van der Waals surface area contributed by atoms with Gasteiger partial charge in [0, 0.05) is 6.54 Å². The standard InChI is InChI=1S/C11H20BrN3/c1-5-15-9(6-11(3,4)7-13)10(12)8(2)14-15/h5-7,13H2,1-4H3. The zero-order chi connectivity index (χ0) is 11.6. The number of rotatable bonds is 4. The van der Waals surface area contributed by atoms with Gasteiger partial charge in [0.25, 0.3) is 0 Å². The molecule has 0 atom stereocenters. The van der Waals surface area contributed by atoms with Crippen molar-refractivity contribution in [2.45, 2.75) is 40.7 Å². The molecule has 0 saturated heterocycles. The number of nitrogens with zero attached hydrogens (tertiary/aromatic N) is 2. The van der Waals surface area contributed by atoms with E-state index in [9.17, 15) is 0 Å². The molecule has 0 spiro atoms. The van der Waals surface area contributed by atoms with Gasteiger partial charge in [-0.05, 0) is 48.2 Å². The number of nitrogens with two attached hydrogens (primary N) is 1. The van der Waals surface area contributed by atoms with Crippen LogP contribution in [0.2, 0.25) is 0 Å². The lowest BCUT2D eigenvalue weighted by Gasteiger charge is -2.22. The van der Waals surface area contributed by atoms with Gasteiger partial charge in [-0.25, -0.2) is 0 Å². The topological polar surface area (TPSA) is 43.8 Å². The summed E-state index contributed by atoms with van der Waals surface area (Å²) in [5.41, 5.74) is 8.19. The Bertz CT molecular complexity index is 342. The number of aromatic nitrogens is 2. The second kappa shape index (κ2) is 4.66. The first-order chi connectivity index (χ1) is 6.91. The predicted molar refractivity (Wildman–Crippen MR) is 66.9 cm³/mol. The molecule has 0 aliphatic rings. The highest BCUT2D eigenvalue weighted by Gasteiger charge is 2.22. The van der Waals surface area contributed by atoms with Crippen LogP contribution in [0.15, 0.2) is 4.47 Å². The fraction of sp³-hybridized carbons (Fsp3) is 0.727. The van der Waals surface area contributed by atoms with Crippen molar-refractivity contribution in [3.8, 4) is 0 Å². The van der Waals surface area contributed by atoms with E-state index in [0.29, 0.717) is 6.54 Å². The fourth-order valence-electron chi connectivity index (χ4n) is 1.56. The van der Waals surface area contributed by atoms with Crippen LogP contribution in [0.25, 0.3) is 0 Å². The summed E-state index contributed by atoms with van der Waals surface area (Å²) in [6.45, 7) is 10.1. The van der Waals surface area contributed by atoms with E-state index < -0.39 is 0 Å². The number of hydrogen-bond acceptors (Lipinski definition) is 2. The molecule has 15 heavy (non-hydrogen) atoms. The van der Waals surface area contributed by atoms with Crippen LogP contribution in [0.5, 0.6) is 0 Å². The third kappa shape index (κ3) is 2.82. The maximum Gasteiger partial charge on any atom is 0.0738 e. The molecule has 0 aliphatic heterocycles. The molecule has 1 rings (SSSR count). The van der Waals surface area contributed by atoms with Crippen molar-refractivity contribution in [1.29, 1.82) is 0 Å². The Balaban J connectivity index is 3.03. The molecule has 0 saturated carbocycles. The highest BCUT2D eigenvalue weighted by Crippen LogP contribution is 2.28. The van der Waals surface area contributed by atoms with E-state index in [2.05, 4.69) is 46.5 Å². The van der Waals surface area contributed by atoms with E-state index in [4.69, 9.17) is 5.73 Å². The number of halogens is 1. The lowest BCUT2D eigenvalue weighted by molar-refractivity contribution is 0.362. The Morgan fingerprint density at radius 3 is 2.53 bits per heavy atom. The molecule has 3 nitrogen and oxygen atoms in total. The SMILES string of the molecule is CCn1nc(C)c(Br)c1CC(C)(C)CN. The smallest absolute Gasteiger partial charge is 0.0738 e. The Labute approximate surface area is 100 Å². The number of hydrogen-bond donors (Lipinski definition) is 1. The lowest BCUT2D eigenvalue weighted by atomic mass is 9.88. The van der Waals surface area contributed by atoms with Gasteiger partial charge < -0.3 is 5.73 Å². The quantitative estimate of drug-likeness (QED) is 0.916. The first kappa shape index (κ1) is 12.7. The van der Waals surface area contributed by atoms with Crippen LogP contribution < -0.4 is 5.73 Å². The minimum absolute atomic E-state index is 0.127. The molecule has 0 fully saturated rings. The largest absolute Gasteiger partial charge is 0.330 e. The molecule has 1 heterocycles. The zero-order valence-corrected chi connectivity index (χ0v) is 11.6. The first-order valence-corrected chi connectivity index (χ1v) is 6.12. The van der Waals surface area contributed by atoms with Crippen LogP contribution >= 0.6 is 15.9 Å². The van der Waals surface area contributed by atoms with E-state index in [0.717, 1.165) is 23.1 Å². The monoisotopic (exact) mass is 273 g/mol. The highest BCUT2D eigenvalue weighted by atomic mass is 79.9. The Kier molecular flexibility index (Phi) is 3.95. The van der Waals surface area contributed by atoms with Crippen LogP contribution in [-0.2, 0) is 13.0 Å². The molecule has 0 unspecified atom stereocenters. The van der Waals surface area contributed by atoms with Crippen molar-refractivity contribution in [2.24, 2.45) is 11.1 Å². The summed E-state index contributed by atoms with van der Waals surface area (Å²) in [7, 11) is 0. The molecular weight excluding hydrogens is 254 g/mol. The van der Waals surface area contributed by atoms with Gasteiger partial charge in [-0.2, -0.15) is 5.10 Å². The summed E-state index contributed by atoms with van der Waals surface area (Å²) < 4.78 is 3.18. The van der Waals surface area contributed by atoms with Crippen LogP contribution in [0.4, 0.5) is 0 Å². The van der Waals surface area contributed by atoms with Crippen molar-refractivity contribution >= 4 is 15.9 Å². The predicted octanol–water partition coefficient (Wildman–Crippen LogP) is 2.50. The second-order valence-electron chi connectivity index (χ2n) is 4.71. The maximum absolute atomic E-state index is 5.76. The van der Waals surface area contributed by atoms with Crippen LogP contribution in [0, 0.1) is 12.3 Å². The zero-order valence-electron chi connectivity index (χ0n) is 9.97. The van der Waals surface area contributed by atoms with Gasteiger partial charge in [-0.15, -0.1) is 0 Å². The highest BCUT2D eigenvalue weighted by molar-refractivity contribution is 9.10. The van der Waals surface area contributed by atoms with Crippen molar-refractivity contribution < 1.29 is 0 Å². The molecule has 1 aromatic heterocycles. The first-order valence-electron chi connectivity index (χ1n) is 5.33. The van der Waals surface area contributed by atoms with Gasteiger partial charge in [0.15, 0.2) is 0 Å². The molecule has 0 amide bonds. The normalized spacial score (nSPS) is 12.1. The van der Waals surface area contributed by atoms with Crippen molar-refractivity contribution in [3.05, 3.63) is 15.9 Å². The van der Waals surface area contributed by atoms with Crippen molar-refractivity contribution in [2.75, 3.05) is 6.54 Å². The summed E-state index contributed by atoms with van der Waals surface area (Å²) in [5.74, 6) is 0. The second-order valence-corrected chi connectivity index (χ2v) is 5.50. The van der Waals surface area contributed by atoms with Crippen LogP contribution in [0.3, 0.4) is 0 Å². The molecule has 0 bridgehead atoms. The lowest BCUT2D eigenvalue weighted by Crippen LogP contribution is -2.27. The summed E-state index contributed by atoms with van der Waals surface area (Å²) in [4.78, 5) is 0. The molecule has 2 N–H and O–H groups in total. The van der Waals surface area contributed by atoms with Gasteiger partial charge in [-0.1, -0.05) is 13.8 Å². The minimum Gasteiger partial charge on any atom is -0.330 e. The van der Waals surface area contributed by atoms with E-state index in [1.807, 2.05) is 6.92 Å². The summed E-state index contributed by atoms with van der Waals surface area (Å²) in [6.07, 6.45) is 0.957. The Morgan fingerprint density at radius 2 is 2.07 bits per heavy atom. The average molecular weight is 274 g/mol. The van der Waals surface area contributed by atoms with E-state index in [1.165, 1.54) is 5.69 Å². The third-order valence-electron chi connectivity index (χ3n) is 2.65. The van der Waals surface area contributed by atoms with Gasteiger partial charge in [-0.3, -0.25) is 4.68 Å². The maximum atomic E-state index is 5.76. The molecule has 1 aromatic rings. The van der Waals surface area contributed by atoms with Gasteiger partial charge in [0.2, 0.25) is 0 Å². The summed E-state index contributed by atoms with van der Waals surface area (Å²) in [6, 6.07) is 0. The van der Waals surface area contributed by atoms with Gasteiger partial charge in [0.05, 0.1) is 15.9 Å². The van der Waals surface area contributed by atoms with Crippen LogP contribution in [0.1, 0.15) is 32.2 Å². The van der Waals surface area contributed by atoms with Crippen molar-refractivity contribution in [3.63, 3.8) is 0 Å². The van der Waals surface area contributed by atoms with Gasteiger partial charge in [0.1, 0.15) is 0 Å². The van der Waals surface area contributed by atoms with Crippen LogP contribution in [-0.4, -0.2) is 16.3 Å². The fourth-order valence-corrected chi connectivity index (χ4v) is 1.99. The molecule has 4 heteroatoms.